The summed E-state index contributed by atoms with van der Waals surface area (Å²) in [4.78, 5) is 15.0. The molecule has 4 rings (SSSR count). The van der Waals surface area contributed by atoms with E-state index in [0.717, 1.165) is 4.47 Å². The Morgan fingerprint density at radius 3 is 2.69 bits per heavy atom. The van der Waals surface area contributed by atoms with Gasteiger partial charge in [-0.25, -0.2) is 0 Å². The molecule has 0 spiro atoms. The van der Waals surface area contributed by atoms with E-state index in [-0.39, 0.29) is 11.6 Å². The molecule has 2 aromatic carbocycles. The molecule has 0 aliphatic carbocycles. The van der Waals surface area contributed by atoms with Crippen LogP contribution in [0, 0.1) is 0 Å². The number of nitrogens with one attached hydrogen (secondary N) is 2. The molecule has 0 saturated carbocycles. The first-order valence-corrected chi connectivity index (χ1v) is 8.21. The Morgan fingerprint density at radius 1 is 1.15 bits per heavy atom. The van der Waals surface area contributed by atoms with Crippen molar-refractivity contribution in [3.8, 4) is 17.3 Å². The van der Waals surface area contributed by atoms with Gasteiger partial charge in [-0.15, -0.1) is 20.4 Å². The number of H-pyrrole nitrogens is 2. The van der Waals surface area contributed by atoms with Crippen LogP contribution in [0.4, 0.5) is 5.69 Å². The molecule has 0 aliphatic heterocycles. The fourth-order valence-corrected chi connectivity index (χ4v) is 2.80. The van der Waals surface area contributed by atoms with E-state index < -0.39 is 5.91 Å². The largest absolute Gasteiger partial charge is 0.493 e. The number of carbonyl (C=O) groups is 1. The number of aromatic hydroxyl groups is 1. The summed E-state index contributed by atoms with van der Waals surface area (Å²) in [6.07, 6.45) is 0. The molecule has 0 radical (unpaired) electrons. The molecule has 0 aliphatic rings. The molecule has 0 atom stereocenters. The van der Waals surface area contributed by atoms with Gasteiger partial charge < -0.3 is 10.1 Å². The Balaban J connectivity index is 1.60. The van der Waals surface area contributed by atoms with E-state index in [4.69, 9.17) is 0 Å². The number of amides is 1. The maximum absolute atomic E-state index is 12.2. The van der Waals surface area contributed by atoms with E-state index >= 15 is 0 Å². The zero-order valence-electron chi connectivity index (χ0n) is 13.0. The van der Waals surface area contributed by atoms with Gasteiger partial charge in [0.1, 0.15) is 0 Å². The van der Waals surface area contributed by atoms with Crippen LogP contribution < -0.4 is 0 Å². The maximum atomic E-state index is 12.2. The Hall–Kier alpha value is -3.40. The number of fused-ring (bicyclic) bond motifs is 1. The van der Waals surface area contributed by atoms with Crippen LogP contribution in [0.3, 0.4) is 0 Å². The smallest absolute Gasteiger partial charge is 0.295 e. The highest BCUT2D eigenvalue weighted by Crippen LogP contribution is 2.36. The molecule has 0 fully saturated rings. The summed E-state index contributed by atoms with van der Waals surface area (Å²) in [6.45, 7) is 0. The van der Waals surface area contributed by atoms with Gasteiger partial charge >= 0.3 is 0 Å². The number of rotatable bonds is 3. The lowest BCUT2D eigenvalue weighted by Gasteiger charge is -1.97. The molecule has 26 heavy (non-hydrogen) atoms. The minimum atomic E-state index is -0.534. The van der Waals surface area contributed by atoms with Gasteiger partial charge in [-0.2, -0.15) is 5.21 Å². The topological polar surface area (TPSA) is 132 Å². The second-order valence-corrected chi connectivity index (χ2v) is 6.25. The summed E-state index contributed by atoms with van der Waals surface area (Å²) in [5.41, 5.74) is 1.96. The van der Waals surface area contributed by atoms with Gasteiger partial charge in [-0.1, -0.05) is 28.1 Å². The molecular formula is C16H10BrN7O2. The fraction of sp³-hybridized carbons (Fsp3) is 0. The number of carbonyl (C=O) groups excluding carboxylic acids is 1. The first kappa shape index (κ1) is 16.1. The minimum Gasteiger partial charge on any atom is -0.493 e. The zero-order valence-corrected chi connectivity index (χ0v) is 14.6. The number of aromatic nitrogens is 5. The summed E-state index contributed by atoms with van der Waals surface area (Å²) in [5, 5.41) is 31.9. The summed E-state index contributed by atoms with van der Waals surface area (Å²) in [6, 6.07) is 12.0. The van der Waals surface area contributed by atoms with Gasteiger partial charge in [-0.05, 0) is 35.5 Å². The molecule has 2 aromatic heterocycles. The number of hydrogen-bond acceptors (Lipinski definition) is 6. The third kappa shape index (κ3) is 2.97. The van der Waals surface area contributed by atoms with Crippen LogP contribution in [0.25, 0.3) is 22.3 Å². The maximum Gasteiger partial charge on any atom is 0.295 e. The summed E-state index contributed by atoms with van der Waals surface area (Å²) in [5.74, 6) is -0.254. The van der Waals surface area contributed by atoms with E-state index in [1.165, 1.54) is 0 Å². The average molecular weight is 412 g/mol. The molecule has 9 nitrogen and oxygen atoms in total. The highest BCUT2D eigenvalue weighted by atomic mass is 79.9. The molecule has 128 valence electrons. The third-order valence-electron chi connectivity index (χ3n) is 3.69. The van der Waals surface area contributed by atoms with Crippen LogP contribution in [0.2, 0.25) is 0 Å². The van der Waals surface area contributed by atoms with Crippen LogP contribution in [0.1, 0.15) is 10.4 Å². The van der Waals surface area contributed by atoms with Crippen molar-refractivity contribution < 1.29 is 9.90 Å². The van der Waals surface area contributed by atoms with E-state index in [0.29, 0.717) is 27.9 Å². The van der Waals surface area contributed by atoms with Gasteiger partial charge in [0.05, 0.1) is 5.52 Å². The average Bonchev–Trinajstić information content (AvgIpc) is 3.28. The van der Waals surface area contributed by atoms with Crippen LogP contribution >= 0.6 is 15.9 Å². The van der Waals surface area contributed by atoms with Crippen molar-refractivity contribution in [1.82, 2.24) is 25.6 Å². The van der Waals surface area contributed by atoms with Crippen molar-refractivity contribution in [3.63, 3.8) is 0 Å². The Bertz CT molecular complexity index is 1120. The Labute approximate surface area is 154 Å². The molecule has 3 N–H and O–H groups in total. The fourth-order valence-electron chi connectivity index (χ4n) is 2.44. The second kappa shape index (κ2) is 6.48. The highest BCUT2D eigenvalue weighted by Gasteiger charge is 2.12. The summed E-state index contributed by atoms with van der Waals surface area (Å²) in [7, 11) is 0. The summed E-state index contributed by atoms with van der Waals surface area (Å²) >= 11 is 3.36. The number of azo groups is 1. The molecule has 4 aromatic rings. The predicted molar refractivity (Wildman–Crippen MR) is 96.1 cm³/mol. The monoisotopic (exact) mass is 411 g/mol. The zero-order chi connectivity index (χ0) is 18.1. The van der Waals surface area contributed by atoms with Crippen molar-refractivity contribution in [3.05, 3.63) is 52.5 Å². The number of nitrogens with zero attached hydrogens (tertiary/aromatic N) is 5. The van der Waals surface area contributed by atoms with Crippen LogP contribution in [0.5, 0.6) is 5.88 Å². The Kier molecular flexibility index (Phi) is 4.01. The number of halogens is 1. The van der Waals surface area contributed by atoms with E-state index in [9.17, 15) is 9.90 Å². The number of benzene rings is 2. The Morgan fingerprint density at radius 2 is 1.96 bits per heavy atom. The molecule has 10 heteroatoms. The lowest BCUT2D eigenvalue weighted by atomic mass is 10.1. The van der Waals surface area contributed by atoms with Gasteiger partial charge in [0.15, 0.2) is 5.69 Å². The number of aromatic amines is 2. The minimum absolute atomic E-state index is 0.151. The van der Waals surface area contributed by atoms with Gasteiger partial charge in [0, 0.05) is 21.0 Å². The molecule has 0 unspecified atom stereocenters. The van der Waals surface area contributed by atoms with Crippen molar-refractivity contribution in [2.75, 3.05) is 0 Å². The number of hydrogen-bond donors (Lipinski definition) is 3. The van der Waals surface area contributed by atoms with Crippen molar-refractivity contribution in [2.24, 2.45) is 10.2 Å². The van der Waals surface area contributed by atoms with Gasteiger partial charge in [0.2, 0.25) is 11.7 Å². The predicted octanol–water partition coefficient (Wildman–Crippen LogP) is 3.74. The van der Waals surface area contributed by atoms with Gasteiger partial charge in [-0.3, -0.25) is 4.79 Å². The molecule has 1 amide bonds. The van der Waals surface area contributed by atoms with E-state index in [1.807, 2.05) is 6.07 Å². The van der Waals surface area contributed by atoms with E-state index in [1.54, 1.807) is 36.4 Å². The number of tetrazole rings is 1. The second-order valence-electron chi connectivity index (χ2n) is 5.33. The molecule has 0 saturated heterocycles. The van der Waals surface area contributed by atoms with Crippen molar-refractivity contribution in [2.45, 2.75) is 0 Å². The first-order valence-electron chi connectivity index (χ1n) is 7.42. The van der Waals surface area contributed by atoms with Gasteiger partial charge in [0.25, 0.3) is 5.91 Å². The van der Waals surface area contributed by atoms with E-state index in [2.05, 4.69) is 51.8 Å². The molecule has 0 bridgehead atoms. The van der Waals surface area contributed by atoms with Crippen LogP contribution in [-0.2, 0) is 0 Å². The summed E-state index contributed by atoms with van der Waals surface area (Å²) < 4.78 is 0.823. The van der Waals surface area contributed by atoms with Crippen molar-refractivity contribution in [1.29, 1.82) is 0 Å². The lowest BCUT2D eigenvalue weighted by molar-refractivity contribution is 0.0995. The standard InChI is InChI=1S/C16H10BrN7O2/c17-10-5-6-12-11(7-10)13(16(26)18-12)19-22-15(25)9-3-1-8(2-4-9)14-20-23-24-21-14/h1-7,18,26H,(H,20,21,23,24). The highest BCUT2D eigenvalue weighted by molar-refractivity contribution is 9.10. The SMILES string of the molecule is O=C(N=Nc1c(O)[nH]c2ccc(Br)cc12)c1ccc(-c2nn[nH]n2)cc1. The normalized spacial score (nSPS) is 11.4. The lowest BCUT2D eigenvalue weighted by Crippen LogP contribution is -1.93. The van der Waals surface area contributed by atoms with Crippen LogP contribution in [0.15, 0.2) is 57.2 Å². The quantitative estimate of drug-likeness (QED) is 0.441. The van der Waals surface area contributed by atoms with Crippen LogP contribution in [-0.4, -0.2) is 36.6 Å². The first-order chi connectivity index (χ1) is 12.6. The van der Waals surface area contributed by atoms with Crippen molar-refractivity contribution >= 4 is 38.4 Å². The third-order valence-corrected chi connectivity index (χ3v) is 4.18. The molecular weight excluding hydrogens is 402 g/mol. The molecule has 2 heterocycles.